The van der Waals surface area contributed by atoms with Crippen LogP contribution in [0, 0.1) is 6.92 Å². The van der Waals surface area contributed by atoms with E-state index in [1.54, 1.807) is 0 Å². The number of rotatable bonds is 3. The summed E-state index contributed by atoms with van der Waals surface area (Å²) < 4.78 is 5.86. The van der Waals surface area contributed by atoms with Crippen molar-refractivity contribution >= 4 is 6.08 Å². The molecule has 0 atom stereocenters. The Hall–Kier alpha value is -2.02. The first-order valence-electron chi connectivity index (χ1n) is 5.76. The second kappa shape index (κ2) is 5.35. The van der Waals surface area contributed by atoms with Crippen molar-refractivity contribution in [2.75, 3.05) is 0 Å². The number of benzene rings is 2. The molecule has 86 valence electrons. The molecule has 0 spiro atoms. The Morgan fingerprint density at radius 2 is 1.82 bits per heavy atom. The Morgan fingerprint density at radius 1 is 1.00 bits per heavy atom. The smallest absolute Gasteiger partial charge is 0.130 e. The molecule has 0 bridgehead atoms. The van der Waals surface area contributed by atoms with E-state index in [9.17, 15) is 0 Å². The normalized spacial score (nSPS) is 10.7. The van der Waals surface area contributed by atoms with Crippen LogP contribution < -0.4 is 4.74 Å². The first-order chi connectivity index (χ1) is 8.29. The molecule has 0 heterocycles. The van der Waals surface area contributed by atoms with Crippen LogP contribution in [0.4, 0.5) is 0 Å². The van der Waals surface area contributed by atoms with Crippen LogP contribution in [0.1, 0.15) is 18.1 Å². The summed E-state index contributed by atoms with van der Waals surface area (Å²) in [5.41, 5.74) is 2.29. The number of allylic oxidation sites excluding steroid dienone is 1. The second-order valence-corrected chi connectivity index (χ2v) is 3.94. The highest BCUT2D eigenvalue weighted by atomic mass is 16.5. The predicted octanol–water partition coefficient (Wildman–Crippen LogP) is 4.82. The first kappa shape index (κ1) is 11.5. The van der Waals surface area contributed by atoms with Gasteiger partial charge in [-0.3, -0.25) is 0 Å². The molecule has 0 saturated heterocycles. The number of hydrogen-bond donors (Lipinski definition) is 0. The zero-order valence-corrected chi connectivity index (χ0v) is 10.2. The van der Waals surface area contributed by atoms with Gasteiger partial charge < -0.3 is 4.74 Å². The lowest BCUT2D eigenvalue weighted by atomic mass is 10.2. The minimum atomic E-state index is 0.870. The average Bonchev–Trinajstić information content (AvgIpc) is 2.33. The second-order valence-electron chi connectivity index (χ2n) is 3.94. The van der Waals surface area contributed by atoms with Crippen molar-refractivity contribution in [2.45, 2.75) is 13.8 Å². The van der Waals surface area contributed by atoms with Crippen LogP contribution in [-0.4, -0.2) is 0 Å². The minimum Gasteiger partial charge on any atom is -0.457 e. The molecule has 0 aliphatic carbocycles. The molecule has 0 aromatic heterocycles. The van der Waals surface area contributed by atoms with E-state index in [0.29, 0.717) is 0 Å². The first-order valence-corrected chi connectivity index (χ1v) is 5.76. The molecule has 2 rings (SSSR count). The highest BCUT2D eigenvalue weighted by Crippen LogP contribution is 2.25. The van der Waals surface area contributed by atoms with E-state index in [0.717, 1.165) is 22.6 Å². The summed E-state index contributed by atoms with van der Waals surface area (Å²) in [6, 6.07) is 16.1. The van der Waals surface area contributed by atoms with E-state index in [1.807, 2.05) is 62.4 Å². The van der Waals surface area contributed by atoms with Gasteiger partial charge in [0.1, 0.15) is 11.5 Å². The number of aryl methyl sites for hydroxylation is 1. The lowest BCUT2D eigenvalue weighted by Crippen LogP contribution is -1.87. The molecular formula is C16H16O. The van der Waals surface area contributed by atoms with Crippen molar-refractivity contribution in [3.63, 3.8) is 0 Å². The Balaban J connectivity index is 2.24. The Labute approximate surface area is 102 Å². The third-order valence-electron chi connectivity index (χ3n) is 2.54. The Bertz CT molecular complexity index is 527. The Kier molecular flexibility index (Phi) is 3.61. The molecule has 0 aliphatic heterocycles. The minimum absolute atomic E-state index is 0.870. The molecule has 2 aromatic rings. The molecule has 0 saturated carbocycles. The van der Waals surface area contributed by atoms with Crippen LogP contribution in [-0.2, 0) is 0 Å². The summed E-state index contributed by atoms with van der Waals surface area (Å²) in [4.78, 5) is 0. The van der Waals surface area contributed by atoms with Crippen molar-refractivity contribution in [3.05, 3.63) is 65.7 Å². The third kappa shape index (κ3) is 2.97. The van der Waals surface area contributed by atoms with Gasteiger partial charge in [0.15, 0.2) is 0 Å². The summed E-state index contributed by atoms with van der Waals surface area (Å²) in [7, 11) is 0. The van der Waals surface area contributed by atoms with Gasteiger partial charge in [0.2, 0.25) is 0 Å². The van der Waals surface area contributed by atoms with Gasteiger partial charge in [-0.05, 0) is 43.2 Å². The largest absolute Gasteiger partial charge is 0.457 e. The quantitative estimate of drug-likeness (QED) is 0.726. The van der Waals surface area contributed by atoms with E-state index in [2.05, 4.69) is 12.1 Å². The van der Waals surface area contributed by atoms with Gasteiger partial charge in [0.25, 0.3) is 0 Å². The fraction of sp³-hybridized carbons (Fsp3) is 0.125. The van der Waals surface area contributed by atoms with E-state index >= 15 is 0 Å². The van der Waals surface area contributed by atoms with Crippen molar-refractivity contribution < 1.29 is 4.74 Å². The van der Waals surface area contributed by atoms with Crippen LogP contribution in [0.3, 0.4) is 0 Å². The van der Waals surface area contributed by atoms with E-state index in [4.69, 9.17) is 4.74 Å². The van der Waals surface area contributed by atoms with Gasteiger partial charge in [-0.25, -0.2) is 0 Å². The summed E-state index contributed by atoms with van der Waals surface area (Å²) in [6.07, 6.45) is 4.08. The van der Waals surface area contributed by atoms with Crippen LogP contribution in [0.5, 0.6) is 11.5 Å². The highest BCUT2D eigenvalue weighted by molar-refractivity contribution is 5.52. The maximum absolute atomic E-state index is 5.86. The van der Waals surface area contributed by atoms with E-state index in [-0.39, 0.29) is 0 Å². The van der Waals surface area contributed by atoms with Crippen LogP contribution in [0.2, 0.25) is 0 Å². The van der Waals surface area contributed by atoms with Crippen LogP contribution >= 0.6 is 0 Å². The molecule has 17 heavy (non-hydrogen) atoms. The lowest BCUT2D eigenvalue weighted by molar-refractivity contribution is 0.479. The summed E-state index contributed by atoms with van der Waals surface area (Å²) in [5, 5.41) is 0. The molecular weight excluding hydrogens is 208 g/mol. The van der Waals surface area contributed by atoms with Gasteiger partial charge in [-0.2, -0.15) is 0 Å². The molecule has 0 N–H and O–H groups in total. The summed E-state index contributed by atoms with van der Waals surface area (Å²) in [5.74, 6) is 1.78. The molecule has 0 amide bonds. The summed E-state index contributed by atoms with van der Waals surface area (Å²) in [6.45, 7) is 4.06. The Morgan fingerprint density at radius 3 is 2.59 bits per heavy atom. The molecule has 0 aliphatic rings. The molecule has 2 aromatic carbocycles. The van der Waals surface area contributed by atoms with Gasteiger partial charge in [0, 0.05) is 0 Å². The van der Waals surface area contributed by atoms with Crippen molar-refractivity contribution in [1.29, 1.82) is 0 Å². The van der Waals surface area contributed by atoms with Crippen LogP contribution in [0.25, 0.3) is 6.08 Å². The number of para-hydroxylation sites is 1. The molecule has 1 heteroatoms. The fourth-order valence-electron chi connectivity index (χ4n) is 1.67. The third-order valence-corrected chi connectivity index (χ3v) is 2.54. The van der Waals surface area contributed by atoms with Crippen molar-refractivity contribution in [3.8, 4) is 11.5 Å². The number of ether oxygens (including phenoxy) is 1. The average molecular weight is 224 g/mol. The van der Waals surface area contributed by atoms with Gasteiger partial charge >= 0.3 is 0 Å². The zero-order chi connectivity index (χ0) is 12.1. The monoisotopic (exact) mass is 224 g/mol. The van der Waals surface area contributed by atoms with E-state index in [1.165, 1.54) is 0 Å². The van der Waals surface area contributed by atoms with E-state index < -0.39 is 0 Å². The molecule has 1 nitrogen and oxygen atoms in total. The SMILES string of the molecule is CC=Cc1cccc(Oc2ccccc2C)c1. The van der Waals surface area contributed by atoms with Gasteiger partial charge in [-0.15, -0.1) is 0 Å². The van der Waals surface area contributed by atoms with Gasteiger partial charge in [0.05, 0.1) is 0 Å². The standard InChI is InChI=1S/C16H16O/c1-3-7-14-9-6-10-15(12-14)17-16-11-5-4-8-13(16)2/h3-12H,1-2H3. The van der Waals surface area contributed by atoms with Crippen molar-refractivity contribution in [1.82, 2.24) is 0 Å². The molecule has 0 fully saturated rings. The van der Waals surface area contributed by atoms with Gasteiger partial charge in [-0.1, -0.05) is 42.5 Å². The highest BCUT2D eigenvalue weighted by Gasteiger charge is 2.00. The fourth-order valence-corrected chi connectivity index (χ4v) is 1.67. The number of hydrogen-bond acceptors (Lipinski definition) is 1. The lowest BCUT2D eigenvalue weighted by Gasteiger charge is -2.08. The maximum atomic E-state index is 5.86. The molecule has 0 radical (unpaired) electrons. The zero-order valence-electron chi connectivity index (χ0n) is 10.2. The topological polar surface area (TPSA) is 9.23 Å². The predicted molar refractivity (Wildman–Crippen MR) is 72.4 cm³/mol. The van der Waals surface area contributed by atoms with Crippen molar-refractivity contribution in [2.24, 2.45) is 0 Å². The van der Waals surface area contributed by atoms with Crippen LogP contribution in [0.15, 0.2) is 54.6 Å². The maximum Gasteiger partial charge on any atom is 0.130 e. The molecule has 0 unspecified atom stereocenters. The summed E-state index contributed by atoms with van der Waals surface area (Å²) >= 11 is 0.